The summed E-state index contributed by atoms with van der Waals surface area (Å²) in [5.41, 5.74) is 6.19. The lowest BCUT2D eigenvalue weighted by molar-refractivity contribution is -0.146. The van der Waals surface area contributed by atoms with Gasteiger partial charge in [0.1, 0.15) is 25.5 Å². The van der Waals surface area contributed by atoms with E-state index in [1.54, 1.807) is 30.9 Å². The minimum absolute atomic E-state index is 0.109. The molecule has 3 aromatic carbocycles. The molecule has 1 aromatic heterocycles. The third-order valence-electron chi connectivity index (χ3n) is 7.49. The van der Waals surface area contributed by atoms with Crippen molar-refractivity contribution < 1.29 is 28.6 Å². The molecule has 246 valence electrons. The van der Waals surface area contributed by atoms with Crippen LogP contribution in [0.1, 0.15) is 37.0 Å². The van der Waals surface area contributed by atoms with Crippen LogP contribution in [0.5, 0.6) is 5.75 Å². The number of hydrogen-bond donors (Lipinski definition) is 2. The number of carbonyl (C=O) groups excluding carboxylic acids is 3. The average molecular weight is 660 g/mol. The number of fused-ring (bicyclic) bond motifs is 1. The Balaban J connectivity index is 1.19. The van der Waals surface area contributed by atoms with Crippen LogP contribution in [-0.2, 0) is 27.2 Å². The SMILES string of the molecule is Cc1c(Cl)cccc1OCCOC(=O)N1CCCc2c(-c3cnn(Cc4cccc(NC(=O)NCC(=O)OC(C)C)c4)c3)cccc21. The number of amides is 3. The molecule has 0 bridgehead atoms. The number of rotatable bonds is 11. The number of halogens is 1. The highest BCUT2D eigenvalue weighted by Gasteiger charge is 2.26. The summed E-state index contributed by atoms with van der Waals surface area (Å²) in [6.45, 7) is 6.52. The van der Waals surface area contributed by atoms with Crippen molar-refractivity contribution in [3.8, 4) is 16.9 Å². The minimum atomic E-state index is -0.503. The van der Waals surface area contributed by atoms with Gasteiger partial charge in [0.15, 0.2) is 0 Å². The molecule has 0 fully saturated rings. The Hall–Kier alpha value is -5.03. The number of hydrogen-bond acceptors (Lipinski definition) is 7. The van der Waals surface area contributed by atoms with E-state index in [2.05, 4.69) is 15.7 Å². The molecule has 0 saturated carbocycles. The molecule has 0 saturated heterocycles. The molecule has 3 amide bonds. The largest absolute Gasteiger partial charge is 0.490 e. The number of esters is 1. The van der Waals surface area contributed by atoms with Crippen molar-refractivity contribution in [2.24, 2.45) is 0 Å². The molecule has 0 aliphatic carbocycles. The number of anilines is 2. The first kappa shape index (κ1) is 33.3. The van der Waals surface area contributed by atoms with Gasteiger partial charge in [-0.1, -0.05) is 41.9 Å². The molecule has 12 heteroatoms. The summed E-state index contributed by atoms with van der Waals surface area (Å²) in [6, 6.07) is 18.3. The van der Waals surface area contributed by atoms with Gasteiger partial charge in [-0.3, -0.25) is 14.4 Å². The third-order valence-corrected chi connectivity index (χ3v) is 7.90. The lowest BCUT2D eigenvalue weighted by atomic mass is 9.93. The molecule has 0 unspecified atom stereocenters. The van der Waals surface area contributed by atoms with Crippen LogP contribution in [0, 0.1) is 6.92 Å². The summed E-state index contributed by atoms with van der Waals surface area (Å²) in [5.74, 6) is 0.160. The molecular formula is C35H38ClN5O6. The molecule has 5 rings (SSSR count). The van der Waals surface area contributed by atoms with Crippen molar-refractivity contribution >= 4 is 41.1 Å². The Kier molecular flexibility index (Phi) is 11.0. The Morgan fingerprint density at radius 3 is 2.68 bits per heavy atom. The Morgan fingerprint density at radius 2 is 1.85 bits per heavy atom. The van der Waals surface area contributed by atoms with Crippen molar-refractivity contribution in [2.45, 2.75) is 46.3 Å². The van der Waals surface area contributed by atoms with Gasteiger partial charge in [-0.05, 0) is 80.6 Å². The second-order valence-electron chi connectivity index (χ2n) is 11.4. The van der Waals surface area contributed by atoms with Crippen LogP contribution in [0.2, 0.25) is 5.02 Å². The van der Waals surface area contributed by atoms with Gasteiger partial charge in [-0.15, -0.1) is 0 Å². The summed E-state index contributed by atoms with van der Waals surface area (Å²) in [7, 11) is 0. The smallest absolute Gasteiger partial charge is 0.414 e. The molecule has 0 spiro atoms. The molecule has 2 heterocycles. The first-order valence-electron chi connectivity index (χ1n) is 15.5. The normalized spacial score (nSPS) is 12.3. The number of ether oxygens (including phenoxy) is 3. The summed E-state index contributed by atoms with van der Waals surface area (Å²) < 4.78 is 18.2. The van der Waals surface area contributed by atoms with Crippen LogP contribution in [0.15, 0.2) is 73.1 Å². The van der Waals surface area contributed by atoms with Gasteiger partial charge in [-0.2, -0.15) is 5.10 Å². The first-order chi connectivity index (χ1) is 22.7. The summed E-state index contributed by atoms with van der Waals surface area (Å²) in [6.07, 6.45) is 4.74. The molecule has 0 radical (unpaired) electrons. The van der Waals surface area contributed by atoms with Crippen LogP contribution in [0.25, 0.3) is 11.1 Å². The van der Waals surface area contributed by atoms with Crippen molar-refractivity contribution in [1.29, 1.82) is 0 Å². The maximum atomic E-state index is 13.1. The minimum Gasteiger partial charge on any atom is -0.490 e. The average Bonchev–Trinajstić information content (AvgIpc) is 3.51. The van der Waals surface area contributed by atoms with Gasteiger partial charge in [0.25, 0.3) is 0 Å². The van der Waals surface area contributed by atoms with Crippen LogP contribution in [-0.4, -0.2) is 60.3 Å². The summed E-state index contributed by atoms with van der Waals surface area (Å²) in [4.78, 5) is 38.8. The van der Waals surface area contributed by atoms with E-state index < -0.39 is 18.1 Å². The van der Waals surface area contributed by atoms with Crippen molar-refractivity contribution in [3.05, 3.63) is 94.8 Å². The monoisotopic (exact) mass is 659 g/mol. The van der Waals surface area contributed by atoms with E-state index in [4.69, 9.17) is 25.8 Å². The molecule has 4 aromatic rings. The topological polar surface area (TPSA) is 124 Å². The van der Waals surface area contributed by atoms with E-state index >= 15 is 0 Å². The third kappa shape index (κ3) is 8.82. The zero-order chi connectivity index (χ0) is 33.3. The van der Waals surface area contributed by atoms with Gasteiger partial charge in [-0.25, -0.2) is 9.59 Å². The van der Waals surface area contributed by atoms with Gasteiger partial charge < -0.3 is 24.8 Å². The quantitative estimate of drug-likeness (QED) is 0.137. The fraction of sp³-hybridized carbons (Fsp3) is 0.314. The molecule has 11 nitrogen and oxygen atoms in total. The van der Waals surface area contributed by atoms with Crippen LogP contribution < -0.4 is 20.3 Å². The van der Waals surface area contributed by atoms with Gasteiger partial charge in [0.05, 0.1) is 24.5 Å². The van der Waals surface area contributed by atoms with Crippen LogP contribution in [0.4, 0.5) is 21.0 Å². The standard InChI is InChI=1S/C35H38ClN5O6/c1-23(2)47-33(42)20-37-34(43)39-27-9-4-8-25(18-27)21-40-22-26(19-38-40)28-10-5-13-31-29(28)11-7-15-41(31)35(44)46-17-16-45-32-14-6-12-30(36)24(32)3/h4-6,8-10,12-14,18-19,22-23H,7,11,15-17,20-21H2,1-3H3,(H2,37,39,43). The van der Waals surface area contributed by atoms with E-state index in [1.165, 1.54) is 0 Å². The Morgan fingerprint density at radius 1 is 1.04 bits per heavy atom. The lowest BCUT2D eigenvalue weighted by Gasteiger charge is -2.30. The molecule has 47 heavy (non-hydrogen) atoms. The second kappa shape index (κ2) is 15.5. The summed E-state index contributed by atoms with van der Waals surface area (Å²) >= 11 is 6.17. The molecule has 1 aliphatic heterocycles. The fourth-order valence-corrected chi connectivity index (χ4v) is 5.51. The van der Waals surface area contributed by atoms with E-state index in [1.807, 2.05) is 72.5 Å². The van der Waals surface area contributed by atoms with Crippen molar-refractivity contribution in [2.75, 3.05) is 36.5 Å². The van der Waals surface area contributed by atoms with Gasteiger partial charge in [0, 0.05) is 34.6 Å². The fourth-order valence-electron chi connectivity index (χ4n) is 5.34. The maximum absolute atomic E-state index is 13.1. The number of benzene rings is 3. The predicted octanol–water partition coefficient (Wildman–Crippen LogP) is 6.60. The van der Waals surface area contributed by atoms with Crippen LogP contribution >= 0.6 is 11.6 Å². The zero-order valence-electron chi connectivity index (χ0n) is 26.6. The first-order valence-corrected chi connectivity index (χ1v) is 15.9. The van der Waals surface area contributed by atoms with E-state index in [0.29, 0.717) is 29.5 Å². The lowest BCUT2D eigenvalue weighted by Crippen LogP contribution is -2.36. The second-order valence-corrected chi connectivity index (χ2v) is 11.8. The van der Waals surface area contributed by atoms with E-state index in [-0.39, 0.29) is 25.9 Å². The highest BCUT2D eigenvalue weighted by molar-refractivity contribution is 6.31. The number of nitrogens with zero attached hydrogens (tertiary/aromatic N) is 3. The zero-order valence-corrected chi connectivity index (χ0v) is 27.4. The Labute approximate surface area is 278 Å². The number of urea groups is 1. The predicted molar refractivity (Wildman–Crippen MR) is 180 cm³/mol. The summed E-state index contributed by atoms with van der Waals surface area (Å²) in [5, 5.41) is 10.4. The van der Waals surface area contributed by atoms with E-state index in [9.17, 15) is 14.4 Å². The highest BCUT2D eigenvalue weighted by Crippen LogP contribution is 2.36. The van der Waals surface area contributed by atoms with Gasteiger partial charge >= 0.3 is 18.1 Å². The molecular weight excluding hydrogens is 622 g/mol. The molecule has 1 aliphatic rings. The number of carbonyl (C=O) groups is 3. The maximum Gasteiger partial charge on any atom is 0.414 e. The van der Waals surface area contributed by atoms with Crippen molar-refractivity contribution in [3.63, 3.8) is 0 Å². The number of aromatic nitrogens is 2. The molecule has 2 N–H and O–H groups in total. The van der Waals surface area contributed by atoms with Gasteiger partial charge in [0.2, 0.25) is 0 Å². The van der Waals surface area contributed by atoms with Crippen molar-refractivity contribution in [1.82, 2.24) is 15.1 Å². The van der Waals surface area contributed by atoms with E-state index in [0.717, 1.165) is 46.3 Å². The molecule has 0 atom stereocenters. The highest BCUT2D eigenvalue weighted by atomic mass is 35.5. The number of nitrogens with one attached hydrogen (secondary N) is 2. The Bertz CT molecular complexity index is 1740. The van der Waals surface area contributed by atoms with Crippen LogP contribution in [0.3, 0.4) is 0 Å².